The fraction of sp³-hybridized carbons (Fsp3) is 0.435. The molecule has 32 heavy (non-hydrogen) atoms. The molecule has 2 aromatic rings. The molecule has 2 aliphatic rings. The van der Waals surface area contributed by atoms with Crippen molar-refractivity contribution in [2.24, 2.45) is 0 Å². The molecule has 0 aliphatic carbocycles. The van der Waals surface area contributed by atoms with Crippen LogP contribution < -0.4 is 15.4 Å². The molecule has 0 radical (unpaired) electrons. The molecular weight excluding hydrogens is 430 g/mol. The summed E-state index contributed by atoms with van der Waals surface area (Å²) in [5.74, 6) is 0.0117. The van der Waals surface area contributed by atoms with Crippen molar-refractivity contribution in [1.29, 1.82) is 0 Å². The van der Waals surface area contributed by atoms with Crippen molar-refractivity contribution < 1.29 is 23.9 Å². The molecule has 0 unspecified atom stereocenters. The van der Waals surface area contributed by atoms with Crippen LogP contribution in [-0.4, -0.2) is 61.1 Å². The van der Waals surface area contributed by atoms with E-state index >= 15 is 0 Å². The summed E-state index contributed by atoms with van der Waals surface area (Å²) < 4.78 is 12.1. The first-order valence-electron chi connectivity index (χ1n) is 10.8. The molecule has 9 heteroatoms. The van der Waals surface area contributed by atoms with E-state index in [4.69, 9.17) is 9.47 Å². The minimum absolute atomic E-state index is 0.0328. The number of amides is 3. The van der Waals surface area contributed by atoms with Crippen LogP contribution in [0.15, 0.2) is 35.7 Å². The molecule has 0 bridgehead atoms. The van der Waals surface area contributed by atoms with Gasteiger partial charge in [-0.05, 0) is 49.4 Å². The van der Waals surface area contributed by atoms with Crippen molar-refractivity contribution in [1.82, 2.24) is 10.2 Å². The Bertz CT molecular complexity index is 994. The highest BCUT2D eigenvalue weighted by Gasteiger charge is 2.39. The number of hydrogen-bond acceptors (Lipinski definition) is 6. The second-order valence-corrected chi connectivity index (χ2v) is 8.92. The SMILES string of the molecule is CCNC(=O)C[C@@H]1CC[C@H]2[C@H](COc3ccc(NC(=O)c4cccs4)cc3C(=O)N2C)O1. The fourth-order valence-corrected chi connectivity index (χ4v) is 4.80. The maximum absolute atomic E-state index is 13.3. The van der Waals surface area contributed by atoms with E-state index < -0.39 is 0 Å². The van der Waals surface area contributed by atoms with Gasteiger partial charge in [0.1, 0.15) is 18.5 Å². The van der Waals surface area contributed by atoms with Crippen molar-refractivity contribution in [3.05, 3.63) is 46.2 Å². The van der Waals surface area contributed by atoms with Crippen molar-refractivity contribution >= 4 is 34.7 Å². The van der Waals surface area contributed by atoms with Gasteiger partial charge in [0.05, 0.1) is 29.0 Å². The van der Waals surface area contributed by atoms with Gasteiger partial charge in [-0.2, -0.15) is 0 Å². The molecule has 1 saturated heterocycles. The Labute approximate surface area is 190 Å². The van der Waals surface area contributed by atoms with Crippen LogP contribution in [0.4, 0.5) is 5.69 Å². The van der Waals surface area contributed by atoms with E-state index in [0.717, 1.165) is 6.42 Å². The highest BCUT2D eigenvalue weighted by atomic mass is 32.1. The van der Waals surface area contributed by atoms with Crippen LogP contribution in [0.1, 0.15) is 46.2 Å². The lowest BCUT2D eigenvalue weighted by Crippen LogP contribution is -2.54. The maximum atomic E-state index is 13.3. The topological polar surface area (TPSA) is 97.0 Å². The van der Waals surface area contributed by atoms with Crippen molar-refractivity contribution in [2.75, 3.05) is 25.5 Å². The third-order valence-corrected chi connectivity index (χ3v) is 6.67. The van der Waals surface area contributed by atoms with Crippen LogP contribution in [0.2, 0.25) is 0 Å². The minimum atomic E-state index is -0.316. The molecule has 170 valence electrons. The van der Waals surface area contributed by atoms with Gasteiger partial charge in [0.2, 0.25) is 5.91 Å². The van der Waals surface area contributed by atoms with Crippen LogP contribution in [0.3, 0.4) is 0 Å². The Kier molecular flexibility index (Phi) is 6.76. The summed E-state index contributed by atoms with van der Waals surface area (Å²) in [6.45, 7) is 2.75. The van der Waals surface area contributed by atoms with E-state index in [0.29, 0.717) is 41.3 Å². The van der Waals surface area contributed by atoms with Crippen molar-refractivity contribution in [2.45, 2.75) is 44.4 Å². The summed E-state index contributed by atoms with van der Waals surface area (Å²) in [6.07, 6.45) is 1.22. The molecule has 1 aromatic heterocycles. The lowest BCUT2D eigenvalue weighted by molar-refractivity contribution is -0.133. The van der Waals surface area contributed by atoms with Crippen molar-refractivity contribution in [3.63, 3.8) is 0 Å². The van der Waals surface area contributed by atoms with E-state index in [1.165, 1.54) is 11.3 Å². The summed E-state index contributed by atoms with van der Waals surface area (Å²) >= 11 is 1.35. The van der Waals surface area contributed by atoms with Crippen LogP contribution in [0, 0.1) is 0 Å². The Morgan fingerprint density at radius 3 is 2.84 bits per heavy atom. The van der Waals surface area contributed by atoms with E-state index in [9.17, 15) is 14.4 Å². The molecular formula is C23H27N3O5S. The lowest BCUT2D eigenvalue weighted by Gasteiger charge is -2.42. The maximum Gasteiger partial charge on any atom is 0.265 e. The predicted molar refractivity (Wildman–Crippen MR) is 121 cm³/mol. The standard InChI is InChI=1S/C23H27N3O5S/c1-3-24-21(27)12-15-7-8-17-19(31-15)13-30-18-9-6-14(11-16(18)23(29)26(17)2)25-22(28)20-5-4-10-32-20/h4-6,9-11,15,17,19H,3,7-8,12-13H2,1-2H3,(H,24,27)(H,25,28)/t15-,17-,19-/m0/s1. The number of carbonyl (C=O) groups is 3. The van der Waals surface area contributed by atoms with Crippen LogP contribution in [0.5, 0.6) is 5.75 Å². The summed E-state index contributed by atoms with van der Waals surface area (Å²) in [5.41, 5.74) is 0.936. The van der Waals surface area contributed by atoms with E-state index in [1.807, 2.05) is 18.4 Å². The number of carbonyl (C=O) groups excluding carboxylic acids is 3. The normalized spacial score (nSPS) is 22.6. The molecule has 0 saturated carbocycles. The summed E-state index contributed by atoms with van der Waals surface area (Å²) in [5, 5.41) is 7.48. The number of rotatable bonds is 5. The molecule has 3 heterocycles. The number of nitrogens with zero attached hydrogens (tertiary/aromatic N) is 1. The van der Waals surface area contributed by atoms with Crippen LogP contribution >= 0.6 is 11.3 Å². The van der Waals surface area contributed by atoms with Gasteiger partial charge in [0.25, 0.3) is 11.8 Å². The molecule has 1 aromatic carbocycles. The number of hydrogen-bond donors (Lipinski definition) is 2. The van der Waals surface area contributed by atoms with Gasteiger partial charge in [-0.15, -0.1) is 11.3 Å². The number of likely N-dealkylation sites (N-methyl/N-ethyl adjacent to an activating group) is 1. The van der Waals surface area contributed by atoms with E-state index in [1.54, 1.807) is 36.2 Å². The number of benzene rings is 1. The highest BCUT2D eigenvalue weighted by Crippen LogP contribution is 2.32. The smallest absolute Gasteiger partial charge is 0.265 e. The van der Waals surface area contributed by atoms with E-state index in [2.05, 4.69) is 10.6 Å². The molecule has 4 rings (SSSR count). The van der Waals surface area contributed by atoms with Gasteiger partial charge in [-0.3, -0.25) is 14.4 Å². The third-order valence-electron chi connectivity index (χ3n) is 5.80. The Morgan fingerprint density at radius 2 is 2.09 bits per heavy atom. The molecule has 2 aliphatic heterocycles. The minimum Gasteiger partial charge on any atom is -0.490 e. The van der Waals surface area contributed by atoms with Crippen LogP contribution in [0.25, 0.3) is 0 Å². The molecule has 1 fully saturated rings. The molecule has 2 N–H and O–H groups in total. The summed E-state index contributed by atoms with van der Waals surface area (Å²) in [6, 6.07) is 8.48. The molecule has 0 spiro atoms. The zero-order valence-corrected chi connectivity index (χ0v) is 18.9. The quantitative estimate of drug-likeness (QED) is 0.720. The lowest BCUT2D eigenvalue weighted by atomic mass is 9.94. The average Bonchev–Trinajstić information content (AvgIpc) is 3.32. The van der Waals surface area contributed by atoms with Gasteiger partial charge in [-0.25, -0.2) is 0 Å². The van der Waals surface area contributed by atoms with Gasteiger partial charge in [0.15, 0.2) is 0 Å². The van der Waals surface area contributed by atoms with Crippen molar-refractivity contribution in [3.8, 4) is 5.75 Å². The average molecular weight is 458 g/mol. The van der Waals surface area contributed by atoms with Gasteiger partial charge in [0, 0.05) is 19.3 Å². The molecule has 3 atom stereocenters. The molecule has 3 amide bonds. The van der Waals surface area contributed by atoms with E-state index in [-0.39, 0.29) is 42.6 Å². The Hall–Kier alpha value is -2.91. The highest BCUT2D eigenvalue weighted by molar-refractivity contribution is 7.12. The third kappa shape index (κ3) is 4.78. The number of ether oxygens (including phenoxy) is 2. The zero-order chi connectivity index (χ0) is 22.7. The Morgan fingerprint density at radius 1 is 1.25 bits per heavy atom. The first kappa shape index (κ1) is 22.3. The number of fused-ring (bicyclic) bond motifs is 2. The summed E-state index contributed by atoms with van der Waals surface area (Å²) in [7, 11) is 1.76. The first-order chi connectivity index (χ1) is 15.5. The predicted octanol–water partition coefficient (Wildman–Crippen LogP) is 2.91. The zero-order valence-electron chi connectivity index (χ0n) is 18.1. The number of nitrogens with one attached hydrogen (secondary N) is 2. The number of anilines is 1. The second kappa shape index (κ2) is 9.70. The number of thiophene rings is 1. The van der Waals surface area contributed by atoms with Gasteiger partial charge < -0.3 is 25.0 Å². The summed E-state index contributed by atoms with van der Waals surface area (Å²) in [4.78, 5) is 39.9. The fourth-order valence-electron chi connectivity index (χ4n) is 4.18. The van der Waals surface area contributed by atoms with Gasteiger partial charge >= 0.3 is 0 Å². The Balaban J connectivity index is 1.49. The largest absolute Gasteiger partial charge is 0.490 e. The van der Waals surface area contributed by atoms with Gasteiger partial charge in [-0.1, -0.05) is 6.07 Å². The first-order valence-corrected chi connectivity index (χ1v) is 11.6. The molecule has 8 nitrogen and oxygen atoms in total. The van der Waals surface area contributed by atoms with Crippen LogP contribution in [-0.2, 0) is 9.53 Å². The second-order valence-electron chi connectivity index (χ2n) is 7.97. The monoisotopic (exact) mass is 457 g/mol.